The van der Waals surface area contributed by atoms with Gasteiger partial charge in [0.05, 0.1) is 6.10 Å². The van der Waals surface area contributed by atoms with E-state index in [1.54, 1.807) is 11.8 Å². The summed E-state index contributed by atoms with van der Waals surface area (Å²) in [5.41, 5.74) is 2.10. The molecule has 2 aromatic rings. The average molecular weight is 264 g/mol. The van der Waals surface area contributed by atoms with Crippen molar-refractivity contribution in [3.63, 3.8) is 0 Å². The van der Waals surface area contributed by atoms with Crippen LogP contribution in [0.25, 0.3) is 5.78 Å². The molecule has 3 heterocycles. The molecule has 0 aromatic carbocycles. The fraction of sp³-hybridized carbons (Fsp3) is 0.583. The Morgan fingerprint density at radius 3 is 3.11 bits per heavy atom. The fourth-order valence-corrected chi connectivity index (χ4v) is 3.29. The summed E-state index contributed by atoms with van der Waals surface area (Å²) >= 11 is 1.70. The first-order chi connectivity index (χ1) is 8.74. The highest BCUT2D eigenvalue weighted by Gasteiger charge is 2.18. The summed E-state index contributed by atoms with van der Waals surface area (Å²) in [5.74, 6) is 1.62. The molecule has 3 rings (SSSR count). The van der Waals surface area contributed by atoms with Gasteiger partial charge in [0.25, 0.3) is 5.78 Å². The van der Waals surface area contributed by atoms with Crippen LogP contribution in [0.1, 0.15) is 24.2 Å². The van der Waals surface area contributed by atoms with Crippen molar-refractivity contribution < 1.29 is 4.74 Å². The van der Waals surface area contributed by atoms with Crippen molar-refractivity contribution in [1.82, 2.24) is 19.6 Å². The van der Waals surface area contributed by atoms with E-state index in [0.717, 1.165) is 35.3 Å². The van der Waals surface area contributed by atoms with Gasteiger partial charge in [-0.1, -0.05) is 11.8 Å². The predicted molar refractivity (Wildman–Crippen MR) is 70.0 cm³/mol. The molecular formula is C12H16N4OS. The first-order valence-corrected chi connectivity index (χ1v) is 7.16. The van der Waals surface area contributed by atoms with Crippen molar-refractivity contribution in [1.29, 1.82) is 0 Å². The van der Waals surface area contributed by atoms with E-state index in [2.05, 4.69) is 22.1 Å². The molecule has 2 aromatic heterocycles. The number of rotatable bonds is 3. The Bertz CT molecular complexity index is 562. The molecule has 5 nitrogen and oxygen atoms in total. The lowest BCUT2D eigenvalue weighted by molar-refractivity contribution is 0.129. The number of nitrogens with zero attached hydrogens (tertiary/aromatic N) is 4. The molecule has 18 heavy (non-hydrogen) atoms. The van der Waals surface area contributed by atoms with Crippen LogP contribution in [-0.4, -0.2) is 38.0 Å². The fourth-order valence-electron chi connectivity index (χ4n) is 2.24. The minimum absolute atomic E-state index is 0.362. The lowest BCUT2D eigenvalue weighted by Gasteiger charge is -2.08. The highest BCUT2D eigenvalue weighted by atomic mass is 32.2. The summed E-state index contributed by atoms with van der Waals surface area (Å²) in [6, 6.07) is 2.05. The van der Waals surface area contributed by atoms with Crippen LogP contribution in [0.15, 0.2) is 11.2 Å². The van der Waals surface area contributed by atoms with E-state index in [0.29, 0.717) is 11.9 Å². The lowest BCUT2D eigenvalue weighted by Crippen LogP contribution is -2.08. The zero-order valence-electron chi connectivity index (χ0n) is 10.6. The summed E-state index contributed by atoms with van der Waals surface area (Å²) in [6.45, 7) is 4.92. The quantitative estimate of drug-likeness (QED) is 0.794. The van der Waals surface area contributed by atoms with E-state index in [1.807, 2.05) is 17.4 Å². The zero-order chi connectivity index (χ0) is 12.5. The second-order valence-corrected chi connectivity index (χ2v) is 5.59. The second-order valence-electron chi connectivity index (χ2n) is 4.60. The Morgan fingerprint density at radius 2 is 2.33 bits per heavy atom. The van der Waals surface area contributed by atoms with Crippen LogP contribution in [0.5, 0.6) is 0 Å². The molecule has 1 unspecified atom stereocenters. The van der Waals surface area contributed by atoms with Crippen molar-refractivity contribution in [2.75, 3.05) is 12.4 Å². The van der Waals surface area contributed by atoms with Gasteiger partial charge in [-0.15, -0.1) is 10.2 Å². The molecule has 0 N–H and O–H groups in total. The SMILES string of the molecule is Cc1cc(C)n2c(SCC3CCCO3)nnc2n1. The maximum absolute atomic E-state index is 5.62. The Labute approximate surface area is 110 Å². The van der Waals surface area contributed by atoms with Crippen LogP contribution in [0.2, 0.25) is 0 Å². The van der Waals surface area contributed by atoms with Crippen LogP contribution in [-0.2, 0) is 4.74 Å². The highest BCUT2D eigenvalue weighted by molar-refractivity contribution is 7.99. The summed E-state index contributed by atoms with van der Waals surface area (Å²) in [7, 11) is 0. The normalized spacial score (nSPS) is 19.8. The molecule has 0 spiro atoms. The lowest BCUT2D eigenvalue weighted by atomic mass is 10.3. The third-order valence-electron chi connectivity index (χ3n) is 3.09. The van der Waals surface area contributed by atoms with Gasteiger partial charge in [-0.25, -0.2) is 4.98 Å². The van der Waals surface area contributed by atoms with Crippen LogP contribution in [0.3, 0.4) is 0 Å². The summed E-state index contributed by atoms with van der Waals surface area (Å²) in [6.07, 6.45) is 2.69. The Morgan fingerprint density at radius 1 is 1.44 bits per heavy atom. The van der Waals surface area contributed by atoms with Crippen molar-refractivity contribution in [3.05, 3.63) is 17.5 Å². The minimum atomic E-state index is 0.362. The Kier molecular flexibility index (Phi) is 3.22. The monoisotopic (exact) mass is 264 g/mol. The van der Waals surface area contributed by atoms with Crippen molar-refractivity contribution >= 4 is 17.5 Å². The molecule has 1 aliphatic heterocycles. The minimum Gasteiger partial charge on any atom is -0.377 e. The Hall–Kier alpha value is -1.14. The van der Waals surface area contributed by atoms with E-state index in [1.165, 1.54) is 6.42 Å². The van der Waals surface area contributed by atoms with Gasteiger partial charge < -0.3 is 4.74 Å². The summed E-state index contributed by atoms with van der Waals surface area (Å²) in [4.78, 5) is 4.38. The van der Waals surface area contributed by atoms with Gasteiger partial charge in [0, 0.05) is 23.7 Å². The van der Waals surface area contributed by atoms with Gasteiger partial charge in [0.2, 0.25) is 0 Å². The number of hydrogen-bond acceptors (Lipinski definition) is 5. The third-order valence-corrected chi connectivity index (χ3v) is 4.15. The zero-order valence-corrected chi connectivity index (χ0v) is 11.4. The van der Waals surface area contributed by atoms with Gasteiger partial charge in [-0.2, -0.15) is 0 Å². The van der Waals surface area contributed by atoms with Crippen molar-refractivity contribution in [2.45, 2.75) is 37.9 Å². The van der Waals surface area contributed by atoms with Crippen LogP contribution in [0, 0.1) is 13.8 Å². The van der Waals surface area contributed by atoms with Gasteiger partial charge in [0.15, 0.2) is 5.16 Å². The van der Waals surface area contributed by atoms with Crippen molar-refractivity contribution in [3.8, 4) is 0 Å². The molecular weight excluding hydrogens is 248 g/mol. The van der Waals surface area contributed by atoms with Gasteiger partial charge >= 0.3 is 0 Å². The van der Waals surface area contributed by atoms with Crippen molar-refractivity contribution in [2.24, 2.45) is 0 Å². The molecule has 1 atom stereocenters. The molecule has 6 heteroatoms. The van der Waals surface area contributed by atoms with Crippen LogP contribution >= 0.6 is 11.8 Å². The van der Waals surface area contributed by atoms with E-state index >= 15 is 0 Å². The average Bonchev–Trinajstić information content (AvgIpc) is 2.94. The first-order valence-electron chi connectivity index (χ1n) is 6.18. The van der Waals surface area contributed by atoms with Gasteiger partial charge in [0.1, 0.15) is 0 Å². The van der Waals surface area contributed by atoms with Gasteiger partial charge in [-0.3, -0.25) is 4.40 Å². The summed E-state index contributed by atoms with van der Waals surface area (Å²) < 4.78 is 7.63. The predicted octanol–water partition coefficient (Wildman–Crippen LogP) is 2.01. The van der Waals surface area contributed by atoms with E-state index in [4.69, 9.17) is 4.74 Å². The standard InChI is InChI=1S/C12H16N4OS/c1-8-6-9(2)16-11(13-8)14-15-12(16)18-7-10-4-3-5-17-10/h6,10H,3-5,7H2,1-2H3. The largest absolute Gasteiger partial charge is 0.377 e. The number of aromatic nitrogens is 4. The maximum atomic E-state index is 5.62. The molecule has 0 amide bonds. The van der Waals surface area contributed by atoms with Gasteiger partial charge in [-0.05, 0) is 32.8 Å². The highest BCUT2D eigenvalue weighted by Crippen LogP contribution is 2.23. The second kappa shape index (κ2) is 4.85. The smallest absolute Gasteiger partial charge is 0.256 e. The molecule has 0 saturated carbocycles. The molecule has 0 aliphatic carbocycles. The number of ether oxygens (including phenoxy) is 1. The summed E-state index contributed by atoms with van der Waals surface area (Å²) in [5, 5.41) is 9.25. The van der Waals surface area contributed by atoms with Crippen LogP contribution < -0.4 is 0 Å². The number of fused-ring (bicyclic) bond motifs is 1. The topological polar surface area (TPSA) is 52.3 Å². The molecule has 1 saturated heterocycles. The molecule has 0 bridgehead atoms. The molecule has 1 aliphatic rings. The van der Waals surface area contributed by atoms with E-state index in [-0.39, 0.29) is 0 Å². The number of aryl methyl sites for hydroxylation is 2. The molecule has 0 radical (unpaired) electrons. The molecule has 1 fully saturated rings. The third kappa shape index (κ3) is 2.22. The molecule has 96 valence electrons. The van der Waals surface area contributed by atoms with Crippen LogP contribution in [0.4, 0.5) is 0 Å². The number of hydrogen-bond donors (Lipinski definition) is 0. The van der Waals surface area contributed by atoms with E-state index < -0.39 is 0 Å². The number of thioether (sulfide) groups is 1. The van der Waals surface area contributed by atoms with E-state index in [9.17, 15) is 0 Å². The first kappa shape index (κ1) is 11.9. The maximum Gasteiger partial charge on any atom is 0.256 e. The Balaban J connectivity index is 1.83.